The molecule has 0 aliphatic carbocycles. The number of nitrogens with zero attached hydrogens (tertiary/aromatic N) is 2. The van der Waals surface area contributed by atoms with Crippen molar-refractivity contribution in [2.24, 2.45) is 0 Å². The molecular formula is C43H48N4O9S. The molecule has 13 nitrogen and oxygen atoms in total. The molecule has 3 aromatic carbocycles. The molecule has 7 atom stereocenters. The number of aliphatic hydroxyl groups is 1. The SMILES string of the molecule is CCCC(=O)Oc1c(C)c2c(c3c1[C@H]1SC[C@]4(NCCc5c4[nH]c4ccccc54)C(=O)COC[C@@H]3N3C1[C@H]1c4c(cc(C)c(OC)c4O)C[C@@H]([C@@H]3O)N1C)OCO2. The number of carbonyl (C=O) groups excluding carboxylic acids is 2. The quantitative estimate of drug-likeness (QED) is 0.162. The van der Waals surface area contributed by atoms with E-state index in [0.29, 0.717) is 47.9 Å². The number of ether oxygens (including phenoxy) is 5. The second kappa shape index (κ2) is 13.6. The molecule has 2 fully saturated rings. The lowest BCUT2D eigenvalue weighted by molar-refractivity contribution is -0.181. The fourth-order valence-corrected chi connectivity index (χ4v) is 12.6. The standard InChI is InChI=1S/C43H48N4O9S/c1-6-9-29(49)56-37-21(3)38-39(55-19-54-38)31-27-16-53-17-28(48)43(41-24(12-13-44-43)23-10-7-8-11-25(23)45-41)18-57-40(32(31)37)34-33-30-22(14-20(2)36(52-5)35(30)50)15-26(46(33)4)42(51)47(27)34/h7-8,10-11,14,26-27,33-34,40,42,44-45,50-51H,6,9,12-13,15-19H2,1-5H3/t26-,27-,33+,34?,40+,42-,43-/m0/s1. The highest BCUT2D eigenvalue weighted by Crippen LogP contribution is 2.64. The minimum atomic E-state index is -1.15. The lowest BCUT2D eigenvalue weighted by atomic mass is 9.73. The summed E-state index contributed by atoms with van der Waals surface area (Å²) in [5.41, 5.74) is 6.37. The molecule has 4 bridgehead atoms. The highest BCUT2D eigenvalue weighted by Gasteiger charge is 2.61. The number of piperazine rings is 1. The molecule has 0 amide bonds. The Kier molecular flexibility index (Phi) is 8.85. The summed E-state index contributed by atoms with van der Waals surface area (Å²) in [5, 5.41) is 29.1. The number of ketones is 1. The van der Waals surface area contributed by atoms with Crippen LogP contribution < -0.4 is 24.3 Å². The molecule has 1 spiro atoms. The highest BCUT2D eigenvalue weighted by atomic mass is 32.2. The number of aromatic hydroxyl groups is 1. The number of hydrogen-bond donors (Lipinski definition) is 4. The zero-order chi connectivity index (χ0) is 39.5. The van der Waals surface area contributed by atoms with E-state index in [1.165, 1.54) is 0 Å². The largest absolute Gasteiger partial charge is 0.504 e. The van der Waals surface area contributed by atoms with Gasteiger partial charge in [0.05, 0.1) is 37.1 Å². The fourth-order valence-electron chi connectivity index (χ4n) is 10.8. The van der Waals surface area contributed by atoms with E-state index in [1.807, 2.05) is 46.0 Å². The van der Waals surface area contributed by atoms with Gasteiger partial charge in [-0.15, -0.1) is 11.8 Å². The third-order valence-corrected chi connectivity index (χ3v) is 14.8. The van der Waals surface area contributed by atoms with Crippen LogP contribution in [0.1, 0.15) is 81.7 Å². The molecular weight excluding hydrogens is 749 g/mol. The zero-order valence-electron chi connectivity index (χ0n) is 32.8. The summed E-state index contributed by atoms with van der Waals surface area (Å²) in [6.45, 7) is 6.16. The van der Waals surface area contributed by atoms with E-state index in [0.717, 1.165) is 56.4 Å². The van der Waals surface area contributed by atoms with E-state index < -0.39 is 35.1 Å². The number of rotatable bonds is 4. The van der Waals surface area contributed by atoms with Crippen LogP contribution in [0.4, 0.5) is 0 Å². The van der Waals surface area contributed by atoms with E-state index in [-0.39, 0.29) is 55.7 Å². The summed E-state index contributed by atoms with van der Waals surface area (Å²) in [7, 11) is 3.57. The summed E-state index contributed by atoms with van der Waals surface area (Å²) in [6.07, 6.45) is 1.09. The molecule has 1 unspecified atom stereocenters. The zero-order valence-corrected chi connectivity index (χ0v) is 33.6. The maximum atomic E-state index is 14.9. The van der Waals surface area contributed by atoms with Gasteiger partial charge in [0.2, 0.25) is 6.79 Å². The number of phenolic OH excluding ortho intramolecular Hbond substituents is 1. The van der Waals surface area contributed by atoms with Gasteiger partial charge in [-0.3, -0.25) is 24.7 Å². The van der Waals surface area contributed by atoms with Crippen LogP contribution in [0.5, 0.6) is 28.7 Å². The van der Waals surface area contributed by atoms with Gasteiger partial charge in [0.25, 0.3) is 0 Å². The molecule has 300 valence electrons. The number of hydrogen-bond acceptors (Lipinski definition) is 13. The van der Waals surface area contributed by atoms with Gasteiger partial charge < -0.3 is 38.9 Å². The third-order valence-electron chi connectivity index (χ3n) is 13.3. The number of methoxy groups -OCH3 is 1. The molecule has 0 radical (unpaired) electrons. The Labute approximate surface area is 334 Å². The number of para-hydroxylation sites is 1. The van der Waals surface area contributed by atoms with Crippen molar-refractivity contribution in [3.63, 3.8) is 0 Å². The number of aromatic amines is 1. The summed E-state index contributed by atoms with van der Waals surface area (Å²) >= 11 is 1.59. The second-order valence-electron chi connectivity index (χ2n) is 16.2. The fraction of sp³-hybridized carbons (Fsp3) is 0.488. The van der Waals surface area contributed by atoms with Crippen LogP contribution in [0.3, 0.4) is 0 Å². The van der Waals surface area contributed by atoms with E-state index in [2.05, 4.69) is 32.2 Å². The smallest absolute Gasteiger partial charge is 0.311 e. The average molecular weight is 797 g/mol. The van der Waals surface area contributed by atoms with Gasteiger partial charge in [-0.2, -0.15) is 0 Å². The summed E-state index contributed by atoms with van der Waals surface area (Å²) in [6, 6.07) is 8.25. The van der Waals surface area contributed by atoms with Crippen LogP contribution in [-0.4, -0.2) is 102 Å². The lowest BCUT2D eigenvalue weighted by Crippen LogP contribution is -2.69. The molecule has 14 heteroatoms. The third kappa shape index (κ3) is 5.20. The molecule has 1 aromatic heterocycles. The Hall–Kier alpha value is -4.31. The predicted octanol–water partition coefficient (Wildman–Crippen LogP) is 5.00. The Morgan fingerprint density at radius 2 is 1.93 bits per heavy atom. The van der Waals surface area contributed by atoms with Crippen LogP contribution in [-0.2, 0) is 32.7 Å². The first-order valence-electron chi connectivity index (χ1n) is 19.9. The number of aryl methyl sites for hydroxylation is 1. The van der Waals surface area contributed by atoms with Gasteiger partial charge in [-0.1, -0.05) is 31.2 Å². The van der Waals surface area contributed by atoms with E-state index in [9.17, 15) is 19.8 Å². The summed E-state index contributed by atoms with van der Waals surface area (Å²) < 4.78 is 31.2. The van der Waals surface area contributed by atoms with Gasteiger partial charge in [-0.05, 0) is 62.9 Å². The number of esters is 1. The summed E-state index contributed by atoms with van der Waals surface area (Å²) in [5.74, 6) is 1.73. The van der Waals surface area contributed by atoms with Crippen LogP contribution in [0.15, 0.2) is 30.3 Å². The number of likely N-dealkylation sites (N-methyl/N-ethyl adjacent to an activating group) is 1. The lowest BCUT2D eigenvalue weighted by Gasteiger charge is -2.61. The Morgan fingerprint density at radius 1 is 1.12 bits per heavy atom. The molecule has 0 saturated carbocycles. The van der Waals surface area contributed by atoms with Crippen LogP contribution in [0.25, 0.3) is 10.9 Å². The van der Waals surface area contributed by atoms with Gasteiger partial charge >= 0.3 is 5.97 Å². The number of Topliss-reactive ketones (excluding diaryl/α,β-unsaturated/α-hetero) is 1. The average Bonchev–Trinajstić information content (AvgIpc) is 3.83. The molecule has 4 aromatic rings. The monoisotopic (exact) mass is 796 g/mol. The van der Waals surface area contributed by atoms with Crippen molar-refractivity contribution in [2.45, 2.75) is 87.6 Å². The van der Waals surface area contributed by atoms with E-state index in [1.54, 1.807) is 18.9 Å². The Balaban J connectivity index is 1.24. The van der Waals surface area contributed by atoms with Crippen LogP contribution in [0.2, 0.25) is 0 Å². The molecule has 8 heterocycles. The number of phenols is 1. The molecule has 2 saturated heterocycles. The minimum absolute atomic E-state index is 0.0185. The van der Waals surface area contributed by atoms with Crippen molar-refractivity contribution in [3.05, 3.63) is 75.0 Å². The topological polar surface area (TPSA) is 155 Å². The Morgan fingerprint density at radius 3 is 2.74 bits per heavy atom. The van der Waals surface area contributed by atoms with Crippen molar-refractivity contribution in [3.8, 4) is 28.7 Å². The van der Waals surface area contributed by atoms with E-state index >= 15 is 0 Å². The molecule has 7 aliphatic rings. The first-order valence-corrected chi connectivity index (χ1v) is 21.0. The number of H-pyrrole nitrogens is 1. The number of benzene rings is 3. The molecule has 4 N–H and O–H groups in total. The van der Waals surface area contributed by atoms with Crippen molar-refractivity contribution in [1.82, 2.24) is 20.1 Å². The number of carbonyl (C=O) groups is 2. The number of thioether (sulfide) groups is 1. The van der Waals surface area contributed by atoms with Gasteiger partial charge in [0.1, 0.15) is 24.1 Å². The second-order valence-corrected chi connectivity index (χ2v) is 17.4. The molecule has 7 aliphatic heterocycles. The summed E-state index contributed by atoms with van der Waals surface area (Å²) in [4.78, 5) is 36.4. The molecule has 11 rings (SSSR count). The number of nitrogens with one attached hydrogen (secondary N) is 2. The van der Waals surface area contributed by atoms with Crippen LogP contribution >= 0.6 is 11.8 Å². The highest BCUT2D eigenvalue weighted by molar-refractivity contribution is 7.99. The number of aromatic nitrogens is 1. The Bertz CT molecular complexity index is 2350. The van der Waals surface area contributed by atoms with Gasteiger partial charge in [0, 0.05) is 63.6 Å². The number of fused-ring (bicyclic) bond motifs is 12. The minimum Gasteiger partial charge on any atom is -0.504 e. The normalized spacial score (nSPS) is 29.1. The van der Waals surface area contributed by atoms with Gasteiger partial charge in [-0.25, -0.2) is 0 Å². The maximum absolute atomic E-state index is 14.9. The van der Waals surface area contributed by atoms with Crippen molar-refractivity contribution in [1.29, 1.82) is 0 Å². The first kappa shape index (κ1) is 37.0. The van der Waals surface area contributed by atoms with Crippen LogP contribution in [0, 0.1) is 13.8 Å². The van der Waals surface area contributed by atoms with E-state index in [4.69, 9.17) is 23.7 Å². The maximum Gasteiger partial charge on any atom is 0.311 e. The molecule has 57 heavy (non-hydrogen) atoms. The van der Waals surface area contributed by atoms with Crippen molar-refractivity contribution < 1.29 is 43.5 Å². The van der Waals surface area contributed by atoms with Gasteiger partial charge in [0.15, 0.2) is 28.8 Å². The predicted molar refractivity (Wildman–Crippen MR) is 212 cm³/mol. The number of aliphatic hydroxyl groups excluding tert-OH is 1. The van der Waals surface area contributed by atoms with Crippen molar-refractivity contribution in [2.75, 3.05) is 46.5 Å². The first-order chi connectivity index (χ1) is 27.6. The van der Waals surface area contributed by atoms with Crippen molar-refractivity contribution >= 4 is 34.4 Å².